The Morgan fingerprint density at radius 3 is 2.55 bits per heavy atom. The van der Waals surface area contributed by atoms with Crippen LogP contribution in [-0.4, -0.2) is 0 Å². The van der Waals surface area contributed by atoms with Crippen LogP contribution in [0.1, 0.15) is 86.0 Å². The molecule has 0 heteroatoms. The zero-order valence-corrected chi connectivity index (χ0v) is 22.1. The van der Waals surface area contributed by atoms with E-state index in [1.54, 1.807) is 0 Å². The van der Waals surface area contributed by atoms with Gasteiger partial charge in [0.1, 0.15) is 0 Å². The predicted octanol–water partition coefficient (Wildman–Crippen LogP) is 10.3. The van der Waals surface area contributed by atoms with Crippen LogP contribution in [0, 0.1) is 23.7 Å². The van der Waals surface area contributed by atoms with Crippen LogP contribution in [0.25, 0.3) is 0 Å². The van der Waals surface area contributed by atoms with Gasteiger partial charge in [0.2, 0.25) is 0 Å². The third-order valence-electron chi connectivity index (χ3n) is 7.58. The Hall–Kier alpha value is -2.08. The molecule has 0 aromatic carbocycles. The van der Waals surface area contributed by atoms with Crippen LogP contribution >= 0.6 is 0 Å². The molecule has 0 radical (unpaired) electrons. The van der Waals surface area contributed by atoms with E-state index < -0.39 is 0 Å². The van der Waals surface area contributed by atoms with Crippen LogP contribution in [0.4, 0.5) is 0 Å². The first kappa shape index (κ1) is 27.2. The number of hydrogen-bond donors (Lipinski definition) is 0. The van der Waals surface area contributed by atoms with E-state index in [1.807, 2.05) is 6.08 Å². The van der Waals surface area contributed by atoms with Crippen LogP contribution in [-0.2, 0) is 0 Å². The standard InChI is InChI=1S/C33H48/c1-8-14-30(16-13-12-15-27(7)26(6)9-2)33(31-19-17-25(5)18-20-31)32-23-21-29(22-24-32)28(10-3)11-4/h10-11,13-14,16-17,19-21,25-26,32-33H,3,7-9,12,15,18,22-24H2,1-2,4-6H3. The normalized spacial score (nSPS) is 23.8. The molecule has 0 heterocycles. The van der Waals surface area contributed by atoms with E-state index in [-0.39, 0.29) is 0 Å². The van der Waals surface area contributed by atoms with E-state index in [4.69, 9.17) is 0 Å². The molecule has 33 heavy (non-hydrogen) atoms. The van der Waals surface area contributed by atoms with Crippen molar-refractivity contribution >= 4 is 0 Å². The van der Waals surface area contributed by atoms with Gasteiger partial charge in [-0.25, -0.2) is 0 Å². The lowest BCUT2D eigenvalue weighted by Gasteiger charge is -2.33. The van der Waals surface area contributed by atoms with Gasteiger partial charge in [-0.3, -0.25) is 0 Å². The molecular formula is C33H48. The Morgan fingerprint density at radius 2 is 2.00 bits per heavy atom. The Balaban J connectivity index is 2.25. The molecule has 0 amide bonds. The SMILES string of the molecule is C=CC(=CC)C1=CCC(C(C(C=CCCC(=C)C(C)CC)=CCC)C2=CCC(C)C=C2)CC1. The molecule has 0 saturated heterocycles. The molecule has 0 saturated carbocycles. The zero-order valence-electron chi connectivity index (χ0n) is 22.1. The average Bonchev–Trinajstić information content (AvgIpc) is 2.84. The summed E-state index contributed by atoms with van der Waals surface area (Å²) in [5, 5.41) is 0. The first-order valence-electron chi connectivity index (χ1n) is 13.4. The summed E-state index contributed by atoms with van der Waals surface area (Å²) in [6.07, 6.45) is 30.5. The Morgan fingerprint density at radius 1 is 1.21 bits per heavy atom. The van der Waals surface area contributed by atoms with Crippen LogP contribution in [0.15, 0.2) is 95.7 Å². The van der Waals surface area contributed by atoms with E-state index >= 15 is 0 Å². The van der Waals surface area contributed by atoms with E-state index in [0.717, 1.165) is 38.5 Å². The maximum absolute atomic E-state index is 4.32. The third kappa shape index (κ3) is 8.02. The van der Waals surface area contributed by atoms with Gasteiger partial charge in [0, 0.05) is 5.92 Å². The molecule has 2 rings (SSSR count). The lowest BCUT2D eigenvalue weighted by atomic mass is 9.71. The van der Waals surface area contributed by atoms with Gasteiger partial charge in [0.05, 0.1) is 0 Å². The van der Waals surface area contributed by atoms with Crippen LogP contribution in [0.5, 0.6) is 0 Å². The van der Waals surface area contributed by atoms with Gasteiger partial charge in [0.25, 0.3) is 0 Å². The van der Waals surface area contributed by atoms with Gasteiger partial charge in [-0.2, -0.15) is 0 Å². The fourth-order valence-corrected chi connectivity index (χ4v) is 5.12. The van der Waals surface area contributed by atoms with Crippen LogP contribution in [0.3, 0.4) is 0 Å². The monoisotopic (exact) mass is 444 g/mol. The molecule has 2 aliphatic carbocycles. The lowest BCUT2D eigenvalue weighted by Crippen LogP contribution is -2.22. The highest BCUT2D eigenvalue weighted by Crippen LogP contribution is 2.41. The lowest BCUT2D eigenvalue weighted by molar-refractivity contribution is 0.389. The van der Waals surface area contributed by atoms with Crippen molar-refractivity contribution in [3.05, 3.63) is 95.7 Å². The van der Waals surface area contributed by atoms with Gasteiger partial charge < -0.3 is 0 Å². The average molecular weight is 445 g/mol. The summed E-state index contributed by atoms with van der Waals surface area (Å²) < 4.78 is 0. The topological polar surface area (TPSA) is 0 Å². The molecule has 0 bridgehead atoms. The molecule has 0 aromatic rings. The summed E-state index contributed by atoms with van der Waals surface area (Å²) in [5.74, 6) is 2.41. The first-order valence-corrected chi connectivity index (χ1v) is 13.4. The molecule has 0 aromatic heterocycles. The second-order valence-corrected chi connectivity index (χ2v) is 9.99. The number of hydrogen-bond acceptors (Lipinski definition) is 0. The van der Waals surface area contributed by atoms with Gasteiger partial charge in [-0.05, 0) is 98.3 Å². The molecule has 0 N–H and O–H groups in total. The van der Waals surface area contributed by atoms with Crippen molar-refractivity contribution in [1.29, 1.82) is 0 Å². The second kappa shape index (κ2) is 14.2. The van der Waals surface area contributed by atoms with Crippen molar-refractivity contribution in [1.82, 2.24) is 0 Å². The second-order valence-electron chi connectivity index (χ2n) is 9.99. The molecule has 2 aliphatic rings. The smallest absolute Gasteiger partial charge is 0.0114 e. The minimum absolute atomic E-state index is 0.485. The molecule has 4 unspecified atom stereocenters. The van der Waals surface area contributed by atoms with Gasteiger partial charge >= 0.3 is 0 Å². The van der Waals surface area contributed by atoms with Crippen molar-refractivity contribution in [2.45, 2.75) is 86.0 Å². The first-order chi connectivity index (χ1) is 15.9. The summed E-state index contributed by atoms with van der Waals surface area (Å²) >= 11 is 0. The maximum Gasteiger partial charge on any atom is 0.0114 e. The molecule has 4 atom stereocenters. The fourth-order valence-electron chi connectivity index (χ4n) is 5.12. The molecule has 0 spiro atoms. The minimum atomic E-state index is 0.485. The van der Waals surface area contributed by atoms with Crippen LogP contribution < -0.4 is 0 Å². The third-order valence-corrected chi connectivity index (χ3v) is 7.58. The van der Waals surface area contributed by atoms with E-state index in [2.05, 4.69) is 96.4 Å². The van der Waals surface area contributed by atoms with Crippen molar-refractivity contribution < 1.29 is 0 Å². The zero-order chi connectivity index (χ0) is 24.2. The van der Waals surface area contributed by atoms with Gasteiger partial charge in [0.15, 0.2) is 0 Å². The Kier molecular flexibility index (Phi) is 11.7. The largest absolute Gasteiger partial charge is 0.0996 e. The highest BCUT2D eigenvalue weighted by atomic mass is 14.3. The van der Waals surface area contributed by atoms with Gasteiger partial charge in [-0.1, -0.05) is 101 Å². The predicted molar refractivity (Wildman–Crippen MR) is 149 cm³/mol. The van der Waals surface area contributed by atoms with Crippen molar-refractivity contribution in [3.8, 4) is 0 Å². The van der Waals surface area contributed by atoms with E-state index in [0.29, 0.717) is 23.7 Å². The fraction of sp³-hybridized carbons (Fsp3) is 0.515. The number of allylic oxidation sites excluding steroid dienone is 14. The highest BCUT2D eigenvalue weighted by molar-refractivity contribution is 5.42. The molecular weight excluding hydrogens is 396 g/mol. The molecule has 0 nitrogen and oxygen atoms in total. The summed E-state index contributed by atoms with van der Waals surface area (Å²) in [5.41, 5.74) is 7.21. The number of rotatable bonds is 12. The Bertz CT molecular complexity index is 835. The molecule has 180 valence electrons. The summed E-state index contributed by atoms with van der Waals surface area (Å²) in [4.78, 5) is 0. The quantitative estimate of drug-likeness (QED) is 0.207. The van der Waals surface area contributed by atoms with Gasteiger partial charge in [-0.15, -0.1) is 0 Å². The Labute approximate surface area is 205 Å². The van der Waals surface area contributed by atoms with E-state index in [1.165, 1.54) is 40.7 Å². The summed E-state index contributed by atoms with van der Waals surface area (Å²) in [6.45, 7) is 19.6. The van der Waals surface area contributed by atoms with Crippen molar-refractivity contribution in [3.63, 3.8) is 0 Å². The summed E-state index contributed by atoms with van der Waals surface area (Å²) in [6, 6.07) is 0. The molecule has 0 fully saturated rings. The maximum atomic E-state index is 4.32. The van der Waals surface area contributed by atoms with Crippen LogP contribution in [0.2, 0.25) is 0 Å². The van der Waals surface area contributed by atoms with Crippen molar-refractivity contribution in [2.75, 3.05) is 0 Å². The summed E-state index contributed by atoms with van der Waals surface area (Å²) in [7, 11) is 0. The highest BCUT2D eigenvalue weighted by Gasteiger charge is 2.29. The minimum Gasteiger partial charge on any atom is -0.0996 e. The van der Waals surface area contributed by atoms with Crippen molar-refractivity contribution in [2.24, 2.45) is 23.7 Å². The van der Waals surface area contributed by atoms with E-state index in [9.17, 15) is 0 Å². The molecule has 0 aliphatic heterocycles.